The van der Waals surface area contributed by atoms with Crippen LogP contribution in [0.15, 0.2) is 6.07 Å². The second-order valence-electron chi connectivity index (χ2n) is 7.11. The summed E-state index contributed by atoms with van der Waals surface area (Å²) >= 11 is 0. The molecule has 3 nitrogen and oxygen atoms in total. The van der Waals surface area contributed by atoms with Gasteiger partial charge in [0.15, 0.2) is 0 Å². The molecule has 0 aliphatic carbocycles. The maximum absolute atomic E-state index is 11.5. The van der Waals surface area contributed by atoms with Crippen LogP contribution in [0.2, 0.25) is 0 Å². The number of aromatic carboxylic acids is 1. The lowest BCUT2D eigenvalue weighted by Crippen LogP contribution is -2.22. The Balaban J connectivity index is 3.81. The number of phenols is 1. The smallest absolute Gasteiger partial charge is 0.339 e. The largest absolute Gasteiger partial charge is 0.507 e. The van der Waals surface area contributed by atoms with Crippen molar-refractivity contribution in [2.45, 2.75) is 65.7 Å². The van der Waals surface area contributed by atoms with E-state index in [0.717, 1.165) is 12.0 Å². The van der Waals surface area contributed by atoms with Gasteiger partial charge in [0.1, 0.15) is 11.3 Å². The molecule has 0 saturated carbocycles. The summed E-state index contributed by atoms with van der Waals surface area (Å²) in [6, 6.07) is 1.97. The number of carboxylic acid groups (broad SMARTS) is 1. The highest BCUT2D eigenvalue weighted by molar-refractivity contribution is 5.93. The lowest BCUT2D eigenvalue weighted by molar-refractivity contribution is 0.0692. The Kier molecular flexibility index (Phi) is 4.23. The van der Waals surface area contributed by atoms with Crippen LogP contribution in [0.1, 0.15) is 75.0 Å². The summed E-state index contributed by atoms with van der Waals surface area (Å²) < 4.78 is 0. The summed E-state index contributed by atoms with van der Waals surface area (Å²) in [5.74, 6) is -1.16. The molecular formula is C17H26O3. The molecule has 0 radical (unpaired) electrons. The van der Waals surface area contributed by atoms with Crippen molar-refractivity contribution in [2.75, 3.05) is 0 Å². The predicted molar refractivity (Wildman–Crippen MR) is 81.8 cm³/mol. The molecule has 112 valence electrons. The van der Waals surface area contributed by atoms with Gasteiger partial charge in [-0.15, -0.1) is 0 Å². The standard InChI is InChI=1S/C17H26O3/c1-8-17(6,7)12-9-11(16(3,4)5)10(2)13(14(12)18)15(19)20/h9,18H,8H2,1-7H3,(H,19,20). The summed E-state index contributed by atoms with van der Waals surface area (Å²) in [5, 5.41) is 19.9. The second-order valence-corrected chi connectivity index (χ2v) is 7.11. The maximum Gasteiger partial charge on any atom is 0.339 e. The van der Waals surface area contributed by atoms with Crippen LogP contribution in [-0.2, 0) is 10.8 Å². The van der Waals surface area contributed by atoms with Crippen LogP contribution in [0.4, 0.5) is 0 Å². The van der Waals surface area contributed by atoms with Crippen LogP contribution in [-0.4, -0.2) is 16.2 Å². The molecule has 1 aromatic carbocycles. The van der Waals surface area contributed by atoms with Crippen molar-refractivity contribution in [3.05, 3.63) is 28.3 Å². The number of benzene rings is 1. The summed E-state index contributed by atoms with van der Waals surface area (Å²) in [5.41, 5.74) is 1.95. The Labute approximate surface area is 121 Å². The number of carbonyl (C=O) groups is 1. The molecule has 0 amide bonds. The van der Waals surface area contributed by atoms with Crippen LogP contribution in [0.25, 0.3) is 0 Å². The van der Waals surface area contributed by atoms with Gasteiger partial charge in [-0.3, -0.25) is 0 Å². The molecule has 0 spiro atoms. The van der Waals surface area contributed by atoms with Crippen molar-refractivity contribution in [3.63, 3.8) is 0 Å². The minimum Gasteiger partial charge on any atom is -0.507 e. The predicted octanol–water partition coefficient (Wildman–Crippen LogP) is 4.38. The van der Waals surface area contributed by atoms with Gasteiger partial charge in [-0.1, -0.05) is 47.6 Å². The number of carboxylic acids is 1. The van der Waals surface area contributed by atoms with E-state index in [9.17, 15) is 15.0 Å². The summed E-state index contributed by atoms with van der Waals surface area (Å²) in [4.78, 5) is 11.5. The molecule has 1 rings (SSSR count). The molecule has 0 aromatic heterocycles. The minimum absolute atomic E-state index is 0.0361. The van der Waals surface area contributed by atoms with Crippen molar-refractivity contribution < 1.29 is 15.0 Å². The molecule has 0 saturated heterocycles. The van der Waals surface area contributed by atoms with E-state index in [1.165, 1.54) is 0 Å². The van der Waals surface area contributed by atoms with Crippen LogP contribution >= 0.6 is 0 Å². The van der Waals surface area contributed by atoms with E-state index in [-0.39, 0.29) is 22.1 Å². The van der Waals surface area contributed by atoms with Gasteiger partial charge in [-0.2, -0.15) is 0 Å². The molecule has 0 heterocycles. The van der Waals surface area contributed by atoms with Gasteiger partial charge in [0.05, 0.1) is 0 Å². The van der Waals surface area contributed by atoms with E-state index < -0.39 is 5.97 Å². The SMILES string of the molecule is CCC(C)(C)c1cc(C(C)(C)C)c(C)c(C(=O)O)c1O. The van der Waals surface area contributed by atoms with Gasteiger partial charge in [0.25, 0.3) is 0 Å². The van der Waals surface area contributed by atoms with E-state index in [1.807, 2.05) is 26.8 Å². The van der Waals surface area contributed by atoms with Crippen molar-refractivity contribution in [1.82, 2.24) is 0 Å². The highest BCUT2D eigenvalue weighted by Crippen LogP contribution is 2.41. The lowest BCUT2D eigenvalue weighted by atomic mass is 9.75. The second kappa shape index (κ2) is 5.12. The first kappa shape index (κ1) is 16.5. The van der Waals surface area contributed by atoms with E-state index in [4.69, 9.17) is 0 Å². The van der Waals surface area contributed by atoms with Gasteiger partial charge in [-0.05, 0) is 35.3 Å². The number of aromatic hydroxyl groups is 1. The average Bonchev–Trinajstić information content (AvgIpc) is 2.26. The summed E-state index contributed by atoms with van der Waals surface area (Å²) in [7, 11) is 0. The highest BCUT2D eigenvalue weighted by atomic mass is 16.4. The van der Waals surface area contributed by atoms with Gasteiger partial charge < -0.3 is 10.2 Å². The van der Waals surface area contributed by atoms with E-state index in [0.29, 0.717) is 11.1 Å². The van der Waals surface area contributed by atoms with E-state index in [2.05, 4.69) is 20.8 Å². The van der Waals surface area contributed by atoms with E-state index >= 15 is 0 Å². The molecular weight excluding hydrogens is 252 g/mol. The fraction of sp³-hybridized carbons (Fsp3) is 0.588. The molecule has 0 unspecified atom stereocenters. The molecule has 3 heteroatoms. The summed E-state index contributed by atoms with van der Waals surface area (Å²) in [6.45, 7) is 14.0. The lowest BCUT2D eigenvalue weighted by Gasteiger charge is -2.30. The van der Waals surface area contributed by atoms with Gasteiger partial charge in [0, 0.05) is 5.56 Å². The highest BCUT2D eigenvalue weighted by Gasteiger charge is 2.31. The van der Waals surface area contributed by atoms with Crippen LogP contribution in [0, 0.1) is 6.92 Å². The van der Waals surface area contributed by atoms with Crippen LogP contribution in [0.5, 0.6) is 5.75 Å². The zero-order valence-corrected chi connectivity index (χ0v) is 13.6. The van der Waals surface area contributed by atoms with Crippen molar-refractivity contribution in [1.29, 1.82) is 0 Å². The molecule has 1 aromatic rings. The topological polar surface area (TPSA) is 57.5 Å². The minimum atomic E-state index is -1.07. The van der Waals surface area contributed by atoms with Crippen molar-refractivity contribution in [3.8, 4) is 5.75 Å². The molecule has 0 bridgehead atoms. The molecule has 0 fully saturated rings. The first-order valence-corrected chi connectivity index (χ1v) is 7.04. The quantitative estimate of drug-likeness (QED) is 0.862. The number of rotatable bonds is 3. The fourth-order valence-corrected chi connectivity index (χ4v) is 2.51. The van der Waals surface area contributed by atoms with Crippen LogP contribution in [0.3, 0.4) is 0 Å². The Bertz CT molecular complexity index is 534. The van der Waals surface area contributed by atoms with Gasteiger partial charge in [-0.25, -0.2) is 4.79 Å². The number of hydrogen-bond acceptors (Lipinski definition) is 2. The Hall–Kier alpha value is -1.51. The normalized spacial score (nSPS) is 12.6. The molecule has 0 atom stereocenters. The fourth-order valence-electron chi connectivity index (χ4n) is 2.51. The monoisotopic (exact) mass is 278 g/mol. The Morgan fingerprint density at radius 1 is 1.15 bits per heavy atom. The molecule has 2 N–H and O–H groups in total. The molecule has 20 heavy (non-hydrogen) atoms. The van der Waals surface area contributed by atoms with Gasteiger partial charge in [0.2, 0.25) is 0 Å². The van der Waals surface area contributed by atoms with Gasteiger partial charge >= 0.3 is 5.97 Å². The third-order valence-electron chi connectivity index (χ3n) is 4.19. The third-order valence-corrected chi connectivity index (χ3v) is 4.19. The Morgan fingerprint density at radius 3 is 2.00 bits per heavy atom. The van der Waals surface area contributed by atoms with Crippen molar-refractivity contribution >= 4 is 5.97 Å². The zero-order chi connectivity index (χ0) is 15.9. The maximum atomic E-state index is 11.5. The van der Waals surface area contributed by atoms with Crippen molar-refractivity contribution in [2.24, 2.45) is 0 Å². The third kappa shape index (κ3) is 2.82. The average molecular weight is 278 g/mol. The Morgan fingerprint density at radius 2 is 1.65 bits per heavy atom. The number of hydrogen-bond donors (Lipinski definition) is 2. The van der Waals surface area contributed by atoms with Crippen LogP contribution < -0.4 is 0 Å². The van der Waals surface area contributed by atoms with E-state index in [1.54, 1.807) is 6.92 Å². The molecule has 0 aliphatic rings. The summed E-state index contributed by atoms with van der Waals surface area (Å²) in [6.07, 6.45) is 0.826. The zero-order valence-electron chi connectivity index (χ0n) is 13.6. The first-order valence-electron chi connectivity index (χ1n) is 7.04. The first-order chi connectivity index (χ1) is 8.93. The molecule has 0 aliphatic heterocycles.